The van der Waals surface area contributed by atoms with Gasteiger partial charge in [0.1, 0.15) is 5.82 Å². The van der Waals surface area contributed by atoms with Gasteiger partial charge in [-0.3, -0.25) is 4.79 Å². The van der Waals surface area contributed by atoms with E-state index in [0.29, 0.717) is 5.82 Å². The van der Waals surface area contributed by atoms with Crippen LogP contribution in [0.5, 0.6) is 0 Å². The molecule has 2 aromatic rings. The fourth-order valence-corrected chi connectivity index (χ4v) is 1.77. The molecule has 0 bridgehead atoms. The number of aromatic amines is 1. The van der Waals surface area contributed by atoms with E-state index in [2.05, 4.69) is 17.1 Å². The van der Waals surface area contributed by atoms with Crippen molar-refractivity contribution >= 4 is 5.82 Å². The number of nitrogens with one attached hydrogen (secondary N) is 1. The maximum atomic E-state index is 11.3. The zero-order valence-electron chi connectivity index (χ0n) is 9.37. The van der Waals surface area contributed by atoms with Gasteiger partial charge in [0, 0.05) is 6.07 Å². The molecule has 0 amide bonds. The normalized spacial score (nSPS) is 10.4. The fraction of sp³-hybridized carbons (Fsp3) is 0.154. The molecule has 0 atom stereocenters. The molecule has 16 heavy (non-hydrogen) atoms. The van der Waals surface area contributed by atoms with Gasteiger partial charge in [-0.15, -0.1) is 0 Å². The van der Waals surface area contributed by atoms with Crippen molar-refractivity contribution in [2.45, 2.75) is 13.8 Å². The topological polar surface area (TPSA) is 58.9 Å². The number of anilines is 1. The second kappa shape index (κ2) is 3.85. The Morgan fingerprint density at radius 3 is 2.56 bits per heavy atom. The Kier molecular flexibility index (Phi) is 2.52. The number of hydrogen-bond acceptors (Lipinski definition) is 2. The molecule has 3 nitrogen and oxygen atoms in total. The molecule has 0 aliphatic rings. The highest BCUT2D eigenvalue weighted by molar-refractivity contribution is 5.69. The van der Waals surface area contributed by atoms with E-state index in [1.807, 2.05) is 19.9 Å². The summed E-state index contributed by atoms with van der Waals surface area (Å²) in [6.45, 7) is 4.05. The Labute approximate surface area is 93.9 Å². The highest BCUT2D eigenvalue weighted by Gasteiger charge is 2.04. The number of pyridine rings is 1. The molecule has 1 heterocycles. The summed E-state index contributed by atoms with van der Waals surface area (Å²) in [7, 11) is 0. The van der Waals surface area contributed by atoms with Crippen LogP contribution >= 0.6 is 0 Å². The average molecular weight is 214 g/mol. The lowest BCUT2D eigenvalue weighted by Gasteiger charge is -2.07. The zero-order valence-corrected chi connectivity index (χ0v) is 9.37. The average Bonchev–Trinajstić information content (AvgIpc) is 2.20. The van der Waals surface area contributed by atoms with Crippen LogP contribution in [0.1, 0.15) is 11.1 Å². The second-order valence-electron chi connectivity index (χ2n) is 4.01. The maximum absolute atomic E-state index is 11.3. The monoisotopic (exact) mass is 214 g/mol. The molecule has 0 spiro atoms. The Balaban J connectivity index is 2.66. The van der Waals surface area contributed by atoms with Gasteiger partial charge in [-0.2, -0.15) is 0 Å². The predicted octanol–water partition coefficient (Wildman–Crippen LogP) is 2.24. The highest BCUT2D eigenvalue weighted by Crippen LogP contribution is 2.24. The molecule has 1 aromatic carbocycles. The molecule has 0 unspecified atom stereocenters. The maximum Gasteiger partial charge on any atom is 0.250 e. The van der Waals surface area contributed by atoms with Gasteiger partial charge in [-0.1, -0.05) is 23.8 Å². The predicted molar refractivity (Wildman–Crippen MR) is 66.4 cm³/mol. The quantitative estimate of drug-likeness (QED) is 0.764. The van der Waals surface area contributed by atoms with E-state index in [-0.39, 0.29) is 5.56 Å². The molecule has 1 aromatic heterocycles. The molecule has 0 fully saturated rings. The summed E-state index contributed by atoms with van der Waals surface area (Å²) in [4.78, 5) is 13.9. The minimum Gasteiger partial charge on any atom is -0.385 e. The standard InChI is InChI=1S/C13H14N2O/c1-8-3-4-9(2)11(5-8)10-6-12(14)15-13(16)7-10/h3-7H,1-2H3,(H3,14,15,16). The number of aryl methyl sites for hydroxylation is 2. The molecule has 0 radical (unpaired) electrons. The van der Waals surface area contributed by atoms with Crippen molar-refractivity contribution in [1.82, 2.24) is 4.98 Å². The van der Waals surface area contributed by atoms with Gasteiger partial charge in [0.2, 0.25) is 5.56 Å². The number of benzene rings is 1. The van der Waals surface area contributed by atoms with Crippen LogP contribution in [-0.4, -0.2) is 4.98 Å². The number of rotatable bonds is 1. The minimum atomic E-state index is -0.170. The Morgan fingerprint density at radius 1 is 1.12 bits per heavy atom. The van der Waals surface area contributed by atoms with E-state index in [9.17, 15) is 4.79 Å². The lowest BCUT2D eigenvalue weighted by atomic mass is 9.99. The van der Waals surface area contributed by atoms with Gasteiger partial charge in [0.25, 0.3) is 0 Å². The first-order chi connectivity index (χ1) is 7.56. The van der Waals surface area contributed by atoms with Gasteiger partial charge >= 0.3 is 0 Å². The molecule has 0 aliphatic heterocycles. The first kappa shape index (κ1) is 10.5. The van der Waals surface area contributed by atoms with Gasteiger partial charge in [0.15, 0.2) is 0 Å². The molecular weight excluding hydrogens is 200 g/mol. The summed E-state index contributed by atoms with van der Waals surface area (Å²) in [5, 5.41) is 0. The lowest BCUT2D eigenvalue weighted by molar-refractivity contribution is 1.25. The highest BCUT2D eigenvalue weighted by atomic mass is 16.1. The van der Waals surface area contributed by atoms with E-state index >= 15 is 0 Å². The molecule has 0 aliphatic carbocycles. The third kappa shape index (κ3) is 1.98. The van der Waals surface area contributed by atoms with Gasteiger partial charge in [0.05, 0.1) is 0 Å². The van der Waals surface area contributed by atoms with Crippen LogP contribution in [0.3, 0.4) is 0 Å². The molecule has 3 N–H and O–H groups in total. The van der Waals surface area contributed by atoms with Gasteiger partial charge < -0.3 is 10.7 Å². The van der Waals surface area contributed by atoms with Crippen molar-refractivity contribution in [2.24, 2.45) is 0 Å². The summed E-state index contributed by atoms with van der Waals surface area (Å²) in [5.74, 6) is 0.392. The summed E-state index contributed by atoms with van der Waals surface area (Å²) in [6.07, 6.45) is 0. The van der Waals surface area contributed by atoms with Crippen molar-refractivity contribution in [3.63, 3.8) is 0 Å². The molecule has 82 valence electrons. The fourth-order valence-electron chi connectivity index (χ4n) is 1.77. The SMILES string of the molecule is Cc1ccc(C)c(-c2cc(N)[nH]c(=O)c2)c1. The summed E-state index contributed by atoms with van der Waals surface area (Å²) in [5.41, 5.74) is 9.68. The third-order valence-electron chi connectivity index (χ3n) is 2.57. The van der Waals surface area contributed by atoms with Crippen LogP contribution < -0.4 is 11.3 Å². The number of nitrogens with two attached hydrogens (primary N) is 1. The molecule has 0 saturated carbocycles. The van der Waals surface area contributed by atoms with E-state index in [0.717, 1.165) is 16.7 Å². The molecule has 3 heteroatoms. The van der Waals surface area contributed by atoms with Crippen molar-refractivity contribution in [1.29, 1.82) is 0 Å². The van der Waals surface area contributed by atoms with Crippen molar-refractivity contribution in [3.05, 3.63) is 51.8 Å². The second-order valence-corrected chi connectivity index (χ2v) is 4.01. The first-order valence-electron chi connectivity index (χ1n) is 5.14. The summed E-state index contributed by atoms with van der Waals surface area (Å²) in [6, 6.07) is 9.50. The van der Waals surface area contributed by atoms with Crippen LogP contribution in [0, 0.1) is 13.8 Å². The van der Waals surface area contributed by atoms with Crippen molar-refractivity contribution in [2.75, 3.05) is 5.73 Å². The minimum absolute atomic E-state index is 0.170. The van der Waals surface area contributed by atoms with Crippen LogP contribution in [0.2, 0.25) is 0 Å². The third-order valence-corrected chi connectivity index (χ3v) is 2.57. The van der Waals surface area contributed by atoms with Crippen LogP contribution in [0.4, 0.5) is 5.82 Å². The van der Waals surface area contributed by atoms with Crippen LogP contribution in [0.25, 0.3) is 11.1 Å². The van der Waals surface area contributed by atoms with Crippen molar-refractivity contribution < 1.29 is 0 Å². The molecular formula is C13H14N2O. The molecule has 0 saturated heterocycles. The number of H-pyrrole nitrogens is 1. The number of aromatic nitrogens is 1. The Bertz CT molecular complexity index is 585. The van der Waals surface area contributed by atoms with Crippen LogP contribution in [-0.2, 0) is 0 Å². The van der Waals surface area contributed by atoms with Gasteiger partial charge in [-0.05, 0) is 36.6 Å². The van der Waals surface area contributed by atoms with E-state index in [1.165, 1.54) is 5.56 Å². The van der Waals surface area contributed by atoms with Crippen molar-refractivity contribution in [3.8, 4) is 11.1 Å². The van der Waals surface area contributed by atoms with E-state index in [4.69, 9.17) is 5.73 Å². The molecule has 2 rings (SSSR count). The smallest absolute Gasteiger partial charge is 0.250 e. The Morgan fingerprint density at radius 2 is 1.88 bits per heavy atom. The number of hydrogen-bond donors (Lipinski definition) is 2. The summed E-state index contributed by atoms with van der Waals surface area (Å²) < 4.78 is 0. The summed E-state index contributed by atoms with van der Waals surface area (Å²) >= 11 is 0. The largest absolute Gasteiger partial charge is 0.385 e. The first-order valence-corrected chi connectivity index (χ1v) is 5.14. The zero-order chi connectivity index (χ0) is 11.7. The number of nitrogen functional groups attached to an aromatic ring is 1. The van der Waals surface area contributed by atoms with E-state index < -0.39 is 0 Å². The van der Waals surface area contributed by atoms with Crippen LogP contribution in [0.15, 0.2) is 35.1 Å². The van der Waals surface area contributed by atoms with Gasteiger partial charge in [-0.25, -0.2) is 0 Å². The lowest BCUT2D eigenvalue weighted by Crippen LogP contribution is -2.07. The Hall–Kier alpha value is -2.03. The van der Waals surface area contributed by atoms with E-state index in [1.54, 1.807) is 12.1 Å².